The van der Waals surface area contributed by atoms with Gasteiger partial charge in [-0.15, -0.1) is 5.10 Å². The molecule has 158 valence electrons. The first-order valence-electron chi connectivity index (χ1n) is 8.20. The number of thioether (sulfide) groups is 1. The average Bonchev–Trinajstić information content (AvgIpc) is 3.32. The molecule has 30 heavy (non-hydrogen) atoms. The van der Waals surface area contributed by atoms with Crippen LogP contribution in [-0.4, -0.2) is 54.3 Å². The molecule has 12 nitrogen and oxygen atoms in total. The van der Waals surface area contributed by atoms with Gasteiger partial charge in [0.15, 0.2) is 16.6 Å². The highest BCUT2D eigenvalue weighted by Gasteiger charge is 2.18. The molecule has 0 saturated carbocycles. The van der Waals surface area contributed by atoms with Crippen molar-refractivity contribution >= 4 is 40.8 Å². The second-order valence-corrected chi connectivity index (χ2v) is 7.09. The molecule has 0 radical (unpaired) electrons. The Labute approximate surface area is 176 Å². The second-order valence-electron chi connectivity index (χ2n) is 5.60. The van der Waals surface area contributed by atoms with E-state index in [1.54, 1.807) is 0 Å². The highest BCUT2D eigenvalue weighted by atomic mass is 35.5. The average molecular weight is 457 g/mol. The van der Waals surface area contributed by atoms with Crippen molar-refractivity contribution in [1.82, 2.24) is 35.9 Å². The predicted molar refractivity (Wildman–Crippen MR) is 104 cm³/mol. The summed E-state index contributed by atoms with van der Waals surface area (Å²) in [6.07, 6.45) is 0. The topological polar surface area (TPSA) is 163 Å². The maximum atomic E-state index is 13.3. The van der Waals surface area contributed by atoms with Crippen molar-refractivity contribution in [3.63, 3.8) is 0 Å². The molecule has 1 amide bonds. The van der Waals surface area contributed by atoms with Gasteiger partial charge in [0.2, 0.25) is 5.82 Å². The standard InChI is InChI=1S/C15H14ClFN8O4S/c1-25-15(27)20-12(21-25)13(26)18-4-5-30-14-10(23-29-24-14)11(22-28)19-7-2-3-9(17)8(16)6-7/h2-3,6,28H,4-5H2,1H3,(H,18,26)(H,19,22)(H,20,21,27). The van der Waals surface area contributed by atoms with Gasteiger partial charge in [0.05, 0.1) is 10.7 Å². The van der Waals surface area contributed by atoms with Gasteiger partial charge in [-0.05, 0) is 28.5 Å². The number of benzene rings is 1. The fourth-order valence-electron chi connectivity index (χ4n) is 2.14. The van der Waals surface area contributed by atoms with Crippen LogP contribution in [0.2, 0.25) is 5.02 Å². The smallest absolute Gasteiger partial charge is 0.343 e. The summed E-state index contributed by atoms with van der Waals surface area (Å²) in [6, 6.07) is 3.76. The SMILES string of the molecule is Cn1nc(C(=O)NCCSc2nonc2C(=Nc2ccc(F)c(Cl)c2)NO)[nH]c1=O. The van der Waals surface area contributed by atoms with E-state index in [-0.39, 0.29) is 39.6 Å². The van der Waals surface area contributed by atoms with E-state index >= 15 is 0 Å². The number of rotatable bonds is 7. The molecule has 4 N–H and O–H groups in total. The van der Waals surface area contributed by atoms with Crippen molar-refractivity contribution in [2.24, 2.45) is 12.0 Å². The number of nitrogens with zero attached hydrogens (tertiary/aromatic N) is 5. The monoisotopic (exact) mass is 456 g/mol. The maximum Gasteiger partial charge on any atom is 0.343 e. The summed E-state index contributed by atoms with van der Waals surface area (Å²) >= 11 is 6.88. The number of aliphatic imine (C=N–C) groups is 1. The first-order valence-corrected chi connectivity index (χ1v) is 9.56. The lowest BCUT2D eigenvalue weighted by atomic mass is 10.3. The lowest BCUT2D eigenvalue weighted by Gasteiger charge is -2.04. The van der Waals surface area contributed by atoms with Gasteiger partial charge in [-0.3, -0.25) is 20.5 Å². The fraction of sp³-hybridized carbons (Fsp3) is 0.200. The summed E-state index contributed by atoms with van der Waals surface area (Å²) in [5.41, 5.74) is 1.75. The number of H-pyrrole nitrogens is 1. The van der Waals surface area contributed by atoms with Gasteiger partial charge in [-0.25, -0.2) is 23.5 Å². The van der Waals surface area contributed by atoms with Crippen LogP contribution in [-0.2, 0) is 7.05 Å². The minimum atomic E-state index is -0.606. The van der Waals surface area contributed by atoms with E-state index < -0.39 is 17.4 Å². The molecule has 2 heterocycles. The largest absolute Gasteiger partial charge is 0.348 e. The number of hydroxylamine groups is 1. The number of halogens is 2. The molecule has 1 aromatic carbocycles. The van der Waals surface area contributed by atoms with Crippen LogP contribution in [0.25, 0.3) is 0 Å². The molecular formula is C15H14ClFN8O4S. The van der Waals surface area contributed by atoms with Gasteiger partial charge in [-0.1, -0.05) is 23.4 Å². The van der Waals surface area contributed by atoms with E-state index in [2.05, 4.69) is 30.7 Å². The number of amidine groups is 1. The van der Waals surface area contributed by atoms with E-state index in [4.69, 9.17) is 16.2 Å². The zero-order valence-electron chi connectivity index (χ0n) is 15.2. The molecule has 0 aliphatic heterocycles. The van der Waals surface area contributed by atoms with Crippen molar-refractivity contribution in [1.29, 1.82) is 0 Å². The van der Waals surface area contributed by atoms with Gasteiger partial charge in [0.1, 0.15) is 5.82 Å². The Balaban J connectivity index is 1.62. The summed E-state index contributed by atoms with van der Waals surface area (Å²) in [5.74, 6) is -1.00. The third kappa shape index (κ3) is 5.03. The van der Waals surface area contributed by atoms with Crippen LogP contribution in [0.3, 0.4) is 0 Å². The Kier molecular flexibility index (Phi) is 6.81. The van der Waals surface area contributed by atoms with Crippen LogP contribution in [0.15, 0.2) is 37.6 Å². The number of aryl methyl sites for hydroxylation is 1. The normalized spacial score (nSPS) is 11.5. The molecule has 0 aliphatic rings. The number of nitrogens with one attached hydrogen (secondary N) is 3. The maximum absolute atomic E-state index is 13.3. The molecule has 0 aliphatic carbocycles. The zero-order valence-corrected chi connectivity index (χ0v) is 16.8. The molecule has 0 atom stereocenters. The molecule has 0 unspecified atom stereocenters. The summed E-state index contributed by atoms with van der Waals surface area (Å²) in [6.45, 7) is 0.209. The van der Waals surface area contributed by atoms with E-state index in [1.807, 2.05) is 5.48 Å². The third-order valence-corrected chi connectivity index (χ3v) is 4.78. The number of hydrogen-bond donors (Lipinski definition) is 4. The van der Waals surface area contributed by atoms with Gasteiger partial charge in [-0.2, -0.15) is 0 Å². The molecule has 3 aromatic rings. The molecule has 3 rings (SSSR count). The summed E-state index contributed by atoms with van der Waals surface area (Å²) in [4.78, 5) is 29.7. The van der Waals surface area contributed by atoms with Crippen LogP contribution in [0.5, 0.6) is 0 Å². The first-order chi connectivity index (χ1) is 14.4. The highest BCUT2D eigenvalue weighted by molar-refractivity contribution is 7.99. The Morgan fingerprint density at radius 2 is 2.27 bits per heavy atom. The van der Waals surface area contributed by atoms with Crippen molar-refractivity contribution in [3.8, 4) is 0 Å². The molecule has 0 spiro atoms. The number of aromatic amines is 1. The van der Waals surface area contributed by atoms with Gasteiger partial charge < -0.3 is 5.32 Å². The van der Waals surface area contributed by atoms with E-state index in [0.717, 1.165) is 22.5 Å². The Hall–Kier alpha value is -3.23. The van der Waals surface area contributed by atoms with E-state index in [0.29, 0.717) is 5.75 Å². The fourth-order valence-corrected chi connectivity index (χ4v) is 3.06. The molecular weight excluding hydrogens is 443 g/mol. The minimum absolute atomic E-state index is 0.100. The van der Waals surface area contributed by atoms with Crippen LogP contribution < -0.4 is 16.5 Å². The van der Waals surface area contributed by atoms with Crippen molar-refractivity contribution in [2.45, 2.75) is 5.03 Å². The van der Waals surface area contributed by atoms with Crippen LogP contribution >= 0.6 is 23.4 Å². The number of amides is 1. The first kappa shape index (κ1) is 21.5. The van der Waals surface area contributed by atoms with Crippen molar-refractivity contribution < 1.29 is 19.0 Å². The van der Waals surface area contributed by atoms with Gasteiger partial charge in [0, 0.05) is 19.3 Å². The summed E-state index contributed by atoms with van der Waals surface area (Å²) < 4.78 is 19.0. The van der Waals surface area contributed by atoms with Crippen molar-refractivity contribution in [2.75, 3.05) is 12.3 Å². The van der Waals surface area contributed by atoms with E-state index in [9.17, 15) is 19.2 Å². The highest BCUT2D eigenvalue weighted by Crippen LogP contribution is 2.24. The quantitative estimate of drug-likeness (QED) is 0.133. The lowest BCUT2D eigenvalue weighted by molar-refractivity contribution is 0.0945. The minimum Gasteiger partial charge on any atom is -0.348 e. The third-order valence-electron chi connectivity index (χ3n) is 3.54. The summed E-state index contributed by atoms with van der Waals surface area (Å²) in [5, 5.41) is 23.3. The molecule has 2 aromatic heterocycles. The Bertz CT molecular complexity index is 1140. The van der Waals surface area contributed by atoms with Crippen LogP contribution in [0.4, 0.5) is 10.1 Å². The van der Waals surface area contributed by atoms with Crippen LogP contribution in [0, 0.1) is 5.82 Å². The summed E-state index contributed by atoms with van der Waals surface area (Å²) in [7, 11) is 1.42. The van der Waals surface area contributed by atoms with Gasteiger partial charge >= 0.3 is 5.69 Å². The number of aromatic nitrogens is 5. The van der Waals surface area contributed by atoms with Crippen molar-refractivity contribution in [3.05, 3.63) is 51.0 Å². The lowest BCUT2D eigenvalue weighted by Crippen LogP contribution is -2.27. The van der Waals surface area contributed by atoms with Crippen LogP contribution in [0.1, 0.15) is 16.3 Å². The Morgan fingerprint density at radius 1 is 1.47 bits per heavy atom. The van der Waals surface area contributed by atoms with Gasteiger partial charge in [0.25, 0.3) is 5.91 Å². The molecule has 0 fully saturated rings. The predicted octanol–water partition coefficient (Wildman–Crippen LogP) is 0.863. The number of carbonyl (C=O) groups excluding carboxylic acids is 1. The second kappa shape index (κ2) is 9.51. The number of hydrogen-bond acceptors (Lipinski definition) is 9. The molecule has 0 bridgehead atoms. The molecule has 0 saturated heterocycles. The Morgan fingerprint density at radius 3 is 2.93 bits per heavy atom. The molecule has 15 heteroatoms. The number of carbonyl (C=O) groups is 1. The zero-order chi connectivity index (χ0) is 21.7. The van der Waals surface area contributed by atoms with E-state index in [1.165, 1.54) is 19.2 Å².